The van der Waals surface area contributed by atoms with Crippen LogP contribution in [0.25, 0.3) is 22.6 Å². The molecule has 1 aliphatic heterocycles. The second-order valence-electron chi connectivity index (χ2n) is 8.31. The molecule has 0 bridgehead atoms. The minimum atomic E-state index is -0.474. The lowest BCUT2D eigenvalue weighted by Gasteiger charge is -2.45. The van der Waals surface area contributed by atoms with Crippen LogP contribution in [0.1, 0.15) is 43.2 Å². The average Bonchev–Trinajstić information content (AvgIpc) is 3.13. The van der Waals surface area contributed by atoms with E-state index in [0.29, 0.717) is 11.9 Å². The Hall–Kier alpha value is -3.35. The number of oxazole rings is 1. The van der Waals surface area contributed by atoms with Crippen molar-refractivity contribution in [2.75, 3.05) is 4.90 Å². The molecule has 154 valence electrons. The summed E-state index contributed by atoms with van der Waals surface area (Å²) < 4.78 is 6.11. The number of aromatic nitrogens is 1. The normalized spacial score (nSPS) is 18.5. The second-order valence-corrected chi connectivity index (χ2v) is 8.31. The molecular formula is C23H26N6O. The van der Waals surface area contributed by atoms with Gasteiger partial charge in [-0.15, -0.1) is 0 Å². The van der Waals surface area contributed by atoms with Gasteiger partial charge in [0.25, 0.3) is 0 Å². The highest BCUT2D eigenvalue weighted by molar-refractivity contribution is 6.06. The molecule has 7 heteroatoms. The molecule has 2 aliphatic rings. The highest BCUT2D eigenvalue weighted by Gasteiger charge is 2.42. The van der Waals surface area contributed by atoms with Crippen LogP contribution < -0.4 is 16.4 Å². The lowest BCUT2D eigenvalue weighted by atomic mass is 9.87. The number of fused-ring (bicyclic) bond motifs is 1. The molecular weight excluding hydrogens is 376 g/mol. The van der Waals surface area contributed by atoms with Crippen molar-refractivity contribution in [1.82, 2.24) is 4.98 Å². The van der Waals surface area contributed by atoms with E-state index in [9.17, 15) is 0 Å². The number of aliphatic imine (C=N–C) groups is 2. The number of nitrogens with two attached hydrogens (primary N) is 2. The van der Waals surface area contributed by atoms with E-state index < -0.39 is 5.66 Å². The standard InChI is InChI=1S/C23H26N6O/c1-14-6-8-16(9-7-14)20-26-18-13-17(12-15(2)19(18)30-20)29-22(25)27-21(24)28-23(29)10-4-3-5-11-23/h6-9,12-13H,3-5,10-11H2,1-2H3,(H4,24,25,27,28). The molecule has 1 aliphatic carbocycles. The van der Waals surface area contributed by atoms with Gasteiger partial charge in [0, 0.05) is 11.3 Å². The maximum Gasteiger partial charge on any atom is 0.227 e. The summed E-state index contributed by atoms with van der Waals surface area (Å²) in [5, 5.41) is 0. The highest BCUT2D eigenvalue weighted by atomic mass is 16.3. The van der Waals surface area contributed by atoms with E-state index in [0.717, 1.165) is 53.6 Å². The molecule has 0 radical (unpaired) electrons. The Bertz CT molecular complexity index is 1170. The highest BCUT2D eigenvalue weighted by Crippen LogP contribution is 2.41. The molecule has 1 saturated carbocycles. The van der Waals surface area contributed by atoms with Gasteiger partial charge in [-0.3, -0.25) is 4.90 Å². The van der Waals surface area contributed by atoms with Gasteiger partial charge in [-0.05, 0) is 69.4 Å². The molecule has 2 aromatic carbocycles. The van der Waals surface area contributed by atoms with Gasteiger partial charge in [0.15, 0.2) is 5.58 Å². The molecule has 0 saturated heterocycles. The largest absolute Gasteiger partial charge is 0.436 e. The van der Waals surface area contributed by atoms with Gasteiger partial charge in [0.2, 0.25) is 17.8 Å². The van der Waals surface area contributed by atoms with Crippen LogP contribution in [0, 0.1) is 13.8 Å². The zero-order chi connectivity index (χ0) is 20.9. The van der Waals surface area contributed by atoms with E-state index in [1.165, 1.54) is 12.0 Å². The molecule has 2 heterocycles. The number of hydrogen-bond donors (Lipinski definition) is 2. The number of aryl methyl sites for hydroxylation is 2. The first kappa shape index (κ1) is 18.7. The number of nitrogens with zero attached hydrogens (tertiary/aromatic N) is 4. The molecule has 1 fully saturated rings. The summed E-state index contributed by atoms with van der Waals surface area (Å²) in [5.41, 5.74) is 17.6. The lowest BCUT2D eigenvalue weighted by molar-refractivity contribution is 0.305. The SMILES string of the molecule is Cc1ccc(-c2nc3cc(N4C(N)=NC(N)=NC45CCCCC5)cc(C)c3o2)cc1. The summed E-state index contributed by atoms with van der Waals surface area (Å²) in [4.78, 5) is 15.8. The first-order chi connectivity index (χ1) is 14.4. The Kier molecular flexibility index (Phi) is 4.27. The summed E-state index contributed by atoms with van der Waals surface area (Å²) >= 11 is 0. The zero-order valence-corrected chi connectivity index (χ0v) is 17.4. The Balaban J connectivity index is 1.62. The number of hydrogen-bond acceptors (Lipinski definition) is 7. The molecule has 0 atom stereocenters. The second kappa shape index (κ2) is 6.86. The van der Waals surface area contributed by atoms with Gasteiger partial charge in [0.05, 0.1) is 0 Å². The maximum atomic E-state index is 6.38. The van der Waals surface area contributed by atoms with E-state index in [4.69, 9.17) is 25.9 Å². The van der Waals surface area contributed by atoms with Crippen molar-refractivity contribution in [1.29, 1.82) is 0 Å². The first-order valence-corrected chi connectivity index (χ1v) is 10.4. The Labute approximate surface area is 175 Å². The maximum absolute atomic E-state index is 6.38. The van der Waals surface area contributed by atoms with Crippen molar-refractivity contribution in [3.05, 3.63) is 47.5 Å². The number of anilines is 1. The van der Waals surface area contributed by atoms with Gasteiger partial charge in [-0.2, -0.15) is 4.99 Å². The fourth-order valence-corrected chi connectivity index (χ4v) is 4.62. The predicted molar refractivity (Wildman–Crippen MR) is 120 cm³/mol. The topological polar surface area (TPSA) is 106 Å². The third kappa shape index (κ3) is 3.01. The van der Waals surface area contributed by atoms with Crippen molar-refractivity contribution in [3.63, 3.8) is 0 Å². The van der Waals surface area contributed by atoms with Gasteiger partial charge in [-0.25, -0.2) is 9.98 Å². The lowest BCUT2D eigenvalue weighted by Crippen LogP contribution is -2.58. The van der Waals surface area contributed by atoms with Crippen molar-refractivity contribution < 1.29 is 4.42 Å². The van der Waals surface area contributed by atoms with E-state index in [-0.39, 0.29) is 5.96 Å². The molecule has 0 unspecified atom stereocenters. The molecule has 7 nitrogen and oxygen atoms in total. The van der Waals surface area contributed by atoms with Crippen LogP contribution in [0.15, 0.2) is 50.8 Å². The molecule has 4 N–H and O–H groups in total. The Morgan fingerprint density at radius 3 is 2.47 bits per heavy atom. The van der Waals surface area contributed by atoms with Gasteiger partial charge < -0.3 is 15.9 Å². The summed E-state index contributed by atoms with van der Waals surface area (Å²) in [6, 6.07) is 12.3. The Morgan fingerprint density at radius 1 is 1.00 bits per heavy atom. The van der Waals surface area contributed by atoms with E-state index >= 15 is 0 Å². The molecule has 1 aromatic heterocycles. The van der Waals surface area contributed by atoms with Gasteiger partial charge in [-0.1, -0.05) is 24.1 Å². The number of rotatable bonds is 2. The summed E-state index contributed by atoms with van der Waals surface area (Å²) in [6.45, 7) is 4.09. The van der Waals surface area contributed by atoms with Crippen LogP contribution in [-0.4, -0.2) is 22.6 Å². The van der Waals surface area contributed by atoms with E-state index in [1.54, 1.807) is 0 Å². The molecule has 0 amide bonds. The van der Waals surface area contributed by atoms with E-state index in [2.05, 4.69) is 30.1 Å². The fourth-order valence-electron chi connectivity index (χ4n) is 4.62. The van der Waals surface area contributed by atoms with Crippen molar-refractivity contribution >= 4 is 28.7 Å². The summed E-state index contributed by atoms with van der Waals surface area (Å²) in [6.07, 6.45) is 5.17. The Morgan fingerprint density at radius 2 is 1.73 bits per heavy atom. The third-order valence-corrected chi connectivity index (χ3v) is 6.07. The average molecular weight is 403 g/mol. The van der Waals surface area contributed by atoms with Crippen LogP contribution in [0.2, 0.25) is 0 Å². The van der Waals surface area contributed by atoms with E-state index in [1.807, 2.05) is 30.0 Å². The van der Waals surface area contributed by atoms with Crippen LogP contribution in [0.5, 0.6) is 0 Å². The van der Waals surface area contributed by atoms with Gasteiger partial charge in [0.1, 0.15) is 11.2 Å². The third-order valence-electron chi connectivity index (χ3n) is 6.07. The summed E-state index contributed by atoms with van der Waals surface area (Å²) in [5.74, 6) is 1.25. The van der Waals surface area contributed by atoms with Crippen molar-refractivity contribution in [2.24, 2.45) is 21.5 Å². The van der Waals surface area contributed by atoms with Crippen LogP contribution >= 0.6 is 0 Å². The van der Waals surface area contributed by atoms with Crippen LogP contribution in [0.3, 0.4) is 0 Å². The molecule has 3 aromatic rings. The minimum absolute atomic E-state index is 0.256. The van der Waals surface area contributed by atoms with Gasteiger partial charge >= 0.3 is 0 Å². The smallest absolute Gasteiger partial charge is 0.227 e. The first-order valence-electron chi connectivity index (χ1n) is 10.4. The minimum Gasteiger partial charge on any atom is -0.436 e. The zero-order valence-electron chi connectivity index (χ0n) is 17.4. The monoisotopic (exact) mass is 402 g/mol. The molecule has 1 spiro atoms. The molecule has 30 heavy (non-hydrogen) atoms. The predicted octanol–water partition coefficient (Wildman–Crippen LogP) is 4.22. The fraction of sp³-hybridized carbons (Fsp3) is 0.348. The van der Waals surface area contributed by atoms with Crippen molar-refractivity contribution in [3.8, 4) is 11.5 Å². The molecule has 5 rings (SSSR count). The van der Waals surface area contributed by atoms with Crippen LogP contribution in [-0.2, 0) is 0 Å². The van der Waals surface area contributed by atoms with Crippen LogP contribution in [0.4, 0.5) is 5.69 Å². The summed E-state index contributed by atoms with van der Waals surface area (Å²) in [7, 11) is 0. The van der Waals surface area contributed by atoms with Crippen molar-refractivity contribution in [2.45, 2.75) is 51.6 Å². The quantitative estimate of drug-likeness (QED) is 0.667. The number of benzene rings is 2. The number of guanidine groups is 2.